The smallest absolute Gasteiger partial charge is 0.261 e. The quantitative estimate of drug-likeness (QED) is 0.545. The monoisotopic (exact) mass is 478 g/mol. The fourth-order valence-corrected chi connectivity index (χ4v) is 5.52. The van der Waals surface area contributed by atoms with Gasteiger partial charge >= 0.3 is 0 Å². The van der Waals surface area contributed by atoms with Gasteiger partial charge in [-0.25, -0.2) is 8.42 Å². The minimum Gasteiger partial charge on any atom is -0.376 e. The summed E-state index contributed by atoms with van der Waals surface area (Å²) in [6, 6.07) is 14.3. The highest BCUT2D eigenvalue weighted by molar-refractivity contribution is 7.92. The SMILES string of the molecule is CS(=O)(=O)N(Cc1ccc(Cl)cc1)c1ccc2sc(C(=O)NC[C@H]3CCCO3)cc2c1. The number of hydrogen-bond donors (Lipinski definition) is 1. The van der Waals surface area contributed by atoms with Crippen LogP contribution in [0.3, 0.4) is 0 Å². The van der Waals surface area contributed by atoms with Crippen LogP contribution in [0.1, 0.15) is 28.1 Å². The fraction of sp³-hybridized carbons (Fsp3) is 0.318. The number of thiophene rings is 1. The van der Waals surface area contributed by atoms with E-state index in [0.29, 0.717) is 22.1 Å². The molecule has 1 N–H and O–H groups in total. The molecule has 2 heterocycles. The molecule has 0 spiro atoms. The van der Waals surface area contributed by atoms with Crippen LogP contribution in [0.2, 0.25) is 5.02 Å². The molecule has 6 nitrogen and oxygen atoms in total. The van der Waals surface area contributed by atoms with Crippen LogP contribution in [-0.2, 0) is 21.3 Å². The van der Waals surface area contributed by atoms with Gasteiger partial charge in [-0.05, 0) is 60.2 Å². The molecule has 1 fully saturated rings. The van der Waals surface area contributed by atoms with Crippen LogP contribution in [0.25, 0.3) is 10.1 Å². The Morgan fingerprint density at radius 1 is 1.23 bits per heavy atom. The molecular weight excluding hydrogens is 456 g/mol. The molecule has 0 bridgehead atoms. The van der Waals surface area contributed by atoms with Crippen LogP contribution < -0.4 is 9.62 Å². The molecule has 1 saturated heterocycles. The Morgan fingerprint density at radius 3 is 2.68 bits per heavy atom. The number of anilines is 1. The Labute approximate surface area is 190 Å². The number of nitrogens with zero attached hydrogens (tertiary/aromatic N) is 1. The maximum absolute atomic E-state index is 12.5. The molecule has 3 aromatic rings. The second kappa shape index (κ2) is 9.16. The van der Waals surface area contributed by atoms with Crippen LogP contribution in [-0.4, -0.2) is 39.8 Å². The van der Waals surface area contributed by atoms with Gasteiger partial charge in [-0.1, -0.05) is 23.7 Å². The number of halogens is 1. The van der Waals surface area contributed by atoms with E-state index in [1.807, 2.05) is 6.07 Å². The van der Waals surface area contributed by atoms with E-state index in [1.165, 1.54) is 21.9 Å². The molecule has 1 atom stereocenters. The fourth-order valence-electron chi connectivity index (χ4n) is 3.55. The van der Waals surface area contributed by atoms with E-state index in [2.05, 4.69) is 5.32 Å². The van der Waals surface area contributed by atoms with Gasteiger partial charge in [0, 0.05) is 22.9 Å². The summed E-state index contributed by atoms with van der Waals surface area (Å²) in [5.74, 6) is -0.139. The molecule has 2 aromatic carbocycles. The first-order valence-corrected chi connectivity index (χ1v) is 13.0. The number of fused-ring (bicyclic) bond motifs is 1. The summed E-state index contributed by atoms with van der Waals surface area (Å²) >= 11 is 7.32. The Bertz CT molecular complexity index is 1190. The number of carbonyl (C=O) groups excluding carboxylic acids is 1. The van der Waals surface area contributed by atoms with Gasteiger partial charge in [0.2, 0.25) is 10.0 Å². The lowest BCUT2D eigenvalue weighted by Crippen LogP contribution is -2.31. The third-order valence-electron chi connectivity index (χ3n) is 5.17. The molecule has 31 heavy (non-hydrogen) atoms. The summed E-state index contributed by atoms with van der Waals surface area (Å²) in [7, 11) is -3.51. The van der Waals surface area contributed by atoms with E-state index in [1.54, 1.807) is 42.5 Å². The van der Waals surface area contributed by atoms with E-state index in [4.69, 9.17) is 16.3 Å². The Morgan fingerprint density at radius 2 is 2.00 bits per heavy atom. The van der Waals surface area contributed by atoms with Crippen molar-refractivity contribution in [2.24, 2.45) is 0 Å². The van der Waals surface area contributed by atoms with Crippen molar-refractivity contribution in [3.63, 3.8) is 0 Å². The zero-order chi connectivity index (χ0) is 22.0. The van der Waals surface area contributed by atoms with Crippen molar-refractivity contribution in [1.82, 2.24) is 5.32 Å². The van der Waals surface area contributed by atoms with E-state index in [9.17, 15) is 13.2 Å². The number of benzene rings is 2. The third-order valence-corrected chi connectivity index (χ3v) is 7.67. The summed E-state index contributed by atoms with van der Waals surface area (Å²) in [6.45, 7) is 1.45. The average Bonchev–Trinajstić information content (AvgIpc) is 3.39. The Balaban J connectivity index is 1.56. The Hall–Kier alpha value is -2.13. The normalized spacial score (nSPS) is 16.5. The standard InChI is InChI=1S/C22H23ClN2O4S2/c1-31(27,28)25(14-15-4-6-17(23)7-5-15)18-8-9-20-16(11-18)12-21(30-20)22(26)24-13-19-3-2-10-29-19/h4-9,11-12,19H,2-3,10,13-14H2,1H3,(H,24,26)/t19-/m1/s1. The van der Waals surface area contributed by atoms with Gasteiger partial charge in [-0.2, -0.15) is 0 Å². The number of nitrogens with one attached hydrogen (secondary N) is 1. The highest BCUT2D eigenvalue weighted by Gasteiger charge is 2.20. The first kappa shape index (κ1) is 22.1. The predicted molar refractivity (Wildman–Crippen MR) is 126 cm³/mol. The maximum atomic E-state index is 12.5. The molecule has 164 valence electrons. The molecule has 0 unspecified atom stereocenters. The minimum atomic E-state index is -3.51. The van der Waals surface area contributed by atoms with Crippen LogP contribution >= 0.6 is 22.9 Å². The van der Waals surface area contributed by atoms with Crippen molar-refractivity contribution in [3.05, 3.63) is 64.0 Å². The largest absolute Gasteiger partial charge is 0.376 e. The van der Waals surface area contributed by atoms with Gasteiger partial charge in [0.25, 0.3) is 5.91 Å². The highest BCUT2D eigenvalue weighted by Crippen LogP contribution is 2.31. The van der Waals surface area contributed by atoms with Crippen molar-refractivity contribution < 1.29 is 17.9 Å². The molecule has 0 saturated carbocycles. The van der Waals surface area contributed by atoms with Crippen LogP contribution in [0.5, 0.6) is 0 Å². The second-order valence-electron chi connectivity index (χ2n) is 7.57. The van der Waals surface area contributed by atoms with Crippen LogP contribution in [0.4, 0.5) is 5.69 Å². The molecule has 1 aliphatic rings. The zero-order valence-electron chi connectivity index (χ0n) is 17.0. The average molecular weight is 479 g/mol. The van der Waals surface area contributed by atoms with Crippen molar-refractivity contribution in [2.75, 3.05) is 23.7 Å². The molecular formula is C22H23ClN2O4S2. The molecule has 4 rings (SSSR count). The number of hydrogen-bond acceptors (Lipinski definition) is 5. The molecule has 1 amide bonds. The minimum absolute atomic E-state index is 0.0844. The molecule has 9 heteroatoms. The van der Waals surface area contributed by atoms with E-state index >= 15 is 0 Å². The predicted octanol–water partition coefficient (Wildman–Crippen LogP) is 4.43. The van der Waals surface area contributed by atoms with Crippen molar-refractivity contribution >= 4 is 54.6 Å². The number of rotatable bonds is 7. The number of carbonyl (C=O) groups is 1. The molecule has 0 radical (unpaired) electrons. The first-order chi connectivity index (χ1) is 14.8. The Kier molecular flexibility index (Phi) is 6.52. The van der Waals surface area contributed by atoms with Gasteiger partial charge in [0.1, 0.15) is 0 Å². The van der Waals surface area contributed by atoms with Crippen LogP contribution in [0, 0.1) is 0 Å². The molecule has 1 aliphatic heterocycles. The van der Waals surface area contributed by atoms with Gasteiger partial charge in [0.05, 0.1) is 29.5 Å². The van der Waals surface area contributed by atoms with Gasteiger partial charge in [-0.3, -0.25) is 9.10 Å². The summed E-state index contributed by atoms with van der Waals surface area (Å²) in [6.07, 6.45) is 3.26. The second-order valence-corrected chi connectivity index (χ2v) is 11.0. The third kappa shape index (κ3) is 5.38. The lowest BCUT2D eigenvalue weighted by molar-refractivity contribution is 0.0861. The van der Waals surface area contributed by atoms with E-state index in [-0.39, 0.29) is 18.6 Å². The van der Waals surface area contributed by atoms with Crippen molar-refractivity contribution in [3.8, 4) is 0 Å². The maximum Gasteiger partial charge on any atom is 0.261 e. The number of amides is 1. The van der Waals surface area contributed by atoms with Crippen molar-refractivity contribution in [1.29, 1.82) is 0 Å². The summed E-state index contributed by atoms with van der Waals surface area (Å²) < 4.78 is 32.8. The lowest BCUT2D eigenvalue weighted by atomic mass is 10.2. The van der Waals surface area contributed by atoms with Gasteiger partial charge in [0.15, 0.2) is 0 Å². The van der Waals surface area contributed by atoms with Gasteiger partial charge < -0.3 is 10.1 Å². The number of sulfonamides is 1. The summed E-state index contributed by atoms with van der Waals surface area (Å²) in [5, 5.41) is 4.36. The number of ether oxygens (including phenoxy) is 1. The van der Waals surface area contributed by atoms with Crippen molar-refractivity contribution in [2.45, 2.75) is 25.5 Å². The summed E-state index contributed by atoms with van der Waals surface area (Å²) in [4.78, 5) is 13.1. The molecule has 1 aromatic heterocycles. The van der Waals surface area contributed by atoms with E-state index < -0.39 is 10.0 Å². The topological polar surface area (TPSA) is 75.7 Å². The lowest BCUT2D eigenvalue weighted by Gasteiger charge is -2.22. The highest BCUT2D eigenvalue weighted by atomic mass is 35.5. The zero-order valence-corrected chi connectivity index (χ0v) is 19.4. The first-order valence-electron chi connectivity index (χ1n) is 9.95. The van der Waals surface area contributed by atoms with Gasteiger partial charge in [-0.15, -0.1) is 11.3 Å². The van der Waals surface area contributed by atoms with E-state index in [0.717, 1.165) is 35.1 Å². The van der Waals surface area contributed by atoms with Crippen LogP contribution in [0.15, 0.2) is 48.5 Å². The molecule has 0 aliphatic carbocycles. The summed E-state index contributed by atoms with van der Waals surface area (Å²) in [5.41, 5.74) is 1.38.